The number of amides is 2. The number of carbonyl (C=O) groups is 2. The highest BCUT2D eigenvalue weighted by Crippen LogP contribution is 2.36. The predicted molar refractivity (Wildman–Crippen MR) is 118 cm³/mol. The van der Waals surface area contributed by atoms with Gasteiger partial charge in [-0.2, -0.15) is 0 Å². The summed E-state index contributed by atoms with van der Waals surface area (Å²) in [6, 6.07) is 11.7. The lowest BCUT2D eigenvalue weighted by atomic mass is 9.97. The minimum Gasteiger partial charge on any atom is -0.493 e. The molecular formula is C23H29ClN2O4. The van der Waals surface area contributed by atoms with Crippen molar-refractivity contribution in [1.29, 1.82) is 0 Å². The zero-order valence-electron chi connectivity index (χ0n) is 17.8. The molecule has 0 saturated heterocycles. The first-order valence-corrected chi connectivity index (χ1v) is 10.4. The SMILES string of the molecule is CCOc1c(Cl)cc(CNC(=O)C(NC(=O)c2ccccc2)C(C)CC)cc1OC. The van der Waals surface area contributed by atoms with Crippen LogP contribution in [0.4, 0.5) is 0 Å². The number of nitrogens with one attached hydrogen (secondary N) is 2. The van der Waals surface area contributed by atoms with Crippen molar-refractivity contribution >= 4 is 23.4 Å². The van der Waals surface area contributed by atoms with E-state index in [0.717, 1.165) is 12.0 Å². The third-order valence-electron chi connectivity index (χ3n) is 4.86. The van der Waals surface area contributed by atoms with Crippen LogP contribution in [0, 0.1) is 5.92 Å². The van der Waals surface area contributed by atoms with Crippen molar-refractivity contribution in [2.75, 3.05) is 13.7 Å². The summed E-state index contributed by atoms with van der Waals surface area (Å²) < 4.78 is 10.9. The highest BCUT2D eigenvalue weighted by Gasteiger charge is 2.26. The fourth-order valence-corrected chi connectivity index (χ4v) is 3.26. The van der Waals surface area contributed by atoms with Crippen LogP contribution in [-0.4, -0.2) is 31.6 Å². The molecule has 2 atom stereocenters. The Morgan fingerprint density at radius 2 is 1.83 bits per heavy atom. The second-order valence-corrected chi connectivity index (χ2v) is 7.37. The molecule has 2 rings (SSSR count). The summed E-state index contributed by atoms with van der Waals surface area (Å²) in [5.41, 5.74) is 1.28. The Morgan fingerprint density at radius 1 is 1.13 bits per heavy atom. The number of hydrogen-bond donors (Lipinski definition) is 2. The smallest absolute Gasteiger partial charge is 0.251 e. The van der Waals surface area contributed by atoms with Crippen LogP contribution in [0.15, 0.2) is 42.5 Å². The summed E-state index contributed by atoms with van der Waals surface area (Å²) in [5.74, 6) is 0.421. The van der Waals surface area contributed by atoms with Gasteiger partial charge in [-0.15, -0.1) is 0 Å². The highest BCUT2D eigenvalue weighted by molar-refractivity contribution is 6.32. The Balaban J connectivity index is 2.11. The zero-order chi connectivity index (χ0) is 22.1. The Bertz CT molecular complexity index is 858. The largest absolute Gasteiger partial charge is 0.493 e. The first-order valence-electron chi connectivity index (χ1n) is 10.0. The third kappa shape index (κ3) is 6.13. The molecule has 7 heteroatoms. The van der Waals surface area contributed by atoms with Gasteiger partial charge in [0.1, 0.15) is 6.04 Å². The maximum Gasteiger partial charge on any atom is 0.251 e. The summed E-state index contributed by atoms with van der Waals surface area (Å²) in [6.45, 7) is 6.49. The number of methoxy groups -OCH3 is 1. The van der Waals surface area contributed by atoms with Crippen LogP contribution in [-0.2, 0) is 11.3 Å². The quantitative estimate of drug-likeness (QED) is 0.589. The molecule has 2 amide bonds. The van der Waals surface area contributed by atoms with Crippen LogP contribution in [0.3, 0.4) is 0 Å². The van der Waals surface area contributed by atoms with Gasteiger partial charge in [0.2, 0.25) is 5.91 Å². The molecule has 0 aromatic heterocycles. The molecule has 2 aromatic rings. The normalized spacial score (nSPS) is 12.6. The number of hydrogen-bond acceptors (Lipinski definition) is 4. The van der Waals surface area contributed by atoms with Gasteiger partial charge in [-0.05, 0) is 42.7 Å². The van der Waals surface area contributed by atoms with Gasteiger partial charge in [0.25, 0.3) is 5.91 Å². The molecule has 2 unspecified atom stereocenters. The van der Waals surface area contributed by atoms with E-state index in [1.54, 1.807) is 36.4 Å². The van der Waals surface area contributed by atoms with Crippen molar-refractivity contribution in [1.82, 2.24) is 10.6 Å². The first kappa shape index (κ1) is 23.5. The van der Waals surface area contributed by atoms with E-state index in [2.05, 4.69) is 10.6 Å². The number of rotatable bonds is 10. The van der Waals surface area contributed by atoms with Gasteiger partial charge in [0, 0.05) is 12.1 Å². The Kier molecular flexibility index (Phi) is 8.99. The van der Waals surface area contributed by atoms with Crippen LogP contribution in [0.5, 0.6) is 11.5 Å². The molecular weight excluding hydrogens is 404 g/mol. The Hall–Kier alpha value is -2.73. The topological polar surface area (TPSA) is 76.7 Å². The molecule has 0 saturated carbocycles. The van der Waals surface area contributed by atoms with E-state index in [9.17, 15) is 9.59 Å². The number of ether oxygens (including phenoxy) is 2. The molecule has 0 heterocycles. The van der Waals surface area contributed by atoms with Crippen LogP contribution >= 0.6 is 11.6 Å². The minimum absolute atomic E-state index is 0.0314. The van der Waals surface area contributed by atoms with Crippen molar-refractivity contribution in [3.05, 3.63) is 58.6 Å². The Morgan fingerprint density at radius 3 is 2.43 bits per heavy atom. The highest BCUT2D eigenvalue weighted by atomic mass is 35.5. The van der Waals surface area contributed by atoms with Crippen molar-refractivity contribution in [3.63, 3.8) is 0 Å². The standard InChI is InChI=1S/C23H29ClN2O4/c1-5-15(3)20(26-22(27)17-10-8-7-9-11-17)23(28)25-14-16-12-18(24)21(30-6-2)19(13-16)29-4/h7-13,15,20H,5-6,14H2,1-4H3,(H,25,28)(H,26,27). The molecule has 0 radical (unpaired) electrons. The Labute approximate surface area is 182 Å². The van der Waals surface area contributed by atoms with E-state index in [-0.39, 0.29) is 24.3 Å². The molecule has 30 heavy (non-hydrogen) atoms. The van der Waals surface area contributed by atoms with E-state index in [0.29, 0.717) is 28.7 Å². The summed E-state index contributed by atoms with van der Waals surface area (Å²) >= 11 is 6.30. The first-order chi connectivity index (χ1) is 14.4. The van der Waals surface area contributed by atoms with Crippen LogP contribution in [0.2, 0.25) is 5.02 Å². The lowest BCUT2D eigenvalue weighted by Crippen LogP contribution is -2.50. The maximum atomic E-state index is 12.9. The molecule has 0 aliphatic rings. The summed E-state index contributed by atoms with van der Waals surface area (Å²) in [4.78, 5) is 25.4. The monoisotopic (exact) mass is 432 g/mol. The van der Waals surface area contributed by atoms with Gasteiger partial charge >= 0.3 is 0 Å². The van der Waals surface area contributed by atoms with Gasteiger partial charge in [0.05, 0.1) is 18.7 Å². The third-order valence-corrected chi connectivity index (χ3v) is 5.14. The molecule has 0 spiro atoms. The molecule has 2 aromatic carbocycles. The lowest BCUT2D eigenvalue weighted by Gasteiger charge is -2.24. The average Bonchev–Trinajstić information content (AvgIpc) is 2.77. The zero-order valence-corrected chi connectivity index (χ0v) is 18.6. The summed E-state index contributed by atoms with van der Waals surface area (Å²) in [5, 5.41) is 6.16. The van der Waals surface area contributed by atoms with Crippen molar-refractivity contribution in [2.45, 2.75) is 39.8 Å². The van der Waals surface area contributed by atoms with Gasteiger partial charge in [0.15, 0.2) is 11.5 Å². The average molecular weight is 433 g/mol. The second kappa shape index (κ2) is 11.5. The summed E-state index contributed by atoms with van der Waals surface area (Å²) in [6.07, 6.45) is 0.746. The number of halogens is 1. The molecule has 0 fully saturated rings. The van der Waals surface area contributed by atoms with E-state index >= 15 is 0 Å². The molecule has 0 aliphatic carbocycles. The van der Waals surface area contributed by atoms with Crippen molar-refractivity contribution < 1.29 is 19.1 Å². The molecule has 0 aliphatic heterocycles. The van der Waals surface area contributed by atoms with Crippen LogP contribution in [0.25, 0.3) is 0 Å². The predicted octanol–water partition coefficient (Wildman–Crippen LogP) is 4.21. The number of benzene rings is 2. The molecule has 162 valence electrons. The fraction of sp³-hybridized carbons (Fsp3) is 0.391. The van der Waals surface area contributed by atoms with Crippen LogP contribution < -0.4 is 20.1 Å². The van der Waals surface area contributed by atoms with Crippen molar-refractivity contribution in [3.8, 4) is 11.5 Å². The van der Waals surface area contributed by atoms with Gasteiger partial charge in [-0.1, -0.05) is 50.1 Å². The molecule has 0 bridgehead atoms. The van der Waals surface area contributed by atoms with Crippen LogP contribution in [0.1, 0.15) is 43.1 Å². The summed E-state index contributed by atoms with van der Waals surface area (Å²) in [7, 11) is 1.54. The fourth-order valence-electron chi connectivity index (χ4n) is 2.97. The van der Waals surface area contributed by atoms with E-state index in [1.807, 2.05) is 26.8 Å². The molecule has 2 N–H and O–H groups in total. The van der Waals surface area contributed by atoms with Gasteiger partial charge in [-0.25, -0.2) is 0 Å². The number of carbonyl (C=O) groups excluding carboxylic acids is 2. The second-order valence-electron chi connectivity index (χ2n) is 6.96. The van der Waals surface area contributed by atoms with E-state index in [1.165, 1.54) is 7.11 Å². The minimum atomic E-state index is -0.650. The maximum absolute atomic E-state index is 12.9. The molecule has 6 nitrogen and oxygen atoms in total. The van der Waals surface area contributed by atoms with Gasteiger partial charge in [-0.3, -0.25) is 9.59 Å². The van der Waals surface area contributed by atoms with E-state index in [4.69, 9.17) is 21.1 Å². The van der Waals surface area contributed by atoms with Crippen molar-refractivity contribution in [2.24, 2.45) is 5.92 Å². The van der Waals surface area contributed by atoms with E-state index < -0.39 is 6.04 Å². The van der Waals surface area contributed by atoms with Gasteiger partial charge < -0.3 is 20.1 Å². The lowest BCUT2D eigenvalue weighted by molar-refractivity contribution is -0.124.